The molecule has 0 spiro atoms. The lowest BCUT2D eigenvalue weighted by molar-refractivity contribution is -0.119. The molecule has 0 atom stereocenters. The molecule has 14 heavy (non-hydrogen) atoms. The van der Waals surface area contributed by atoms with Crippen LogP contribution < -0.4 is 5.32 Å². The maximum Gasteiger partial charge on any atom is 0.224 e. The van der Waals surface area contributed by atoms with Crippen molar-refractivity contribution in [3.05, 3.63) is 23.8 Å². The van der Waals surface area contributed by atoms with Gasteiger partial charge in [-0.1, -0.05) is 23.4 Å². The molecule has 76 valence electrons. The van der Waals surface area contributed by atoms with Gasteiger partial charge in [0.15, 0.2) is 0 Å². The molecule has 1 N–H and O–H groups in total. The van der Waals surface area contributed by atoms with Crippen molar-refractivity contribution in [3.63, 3.8) is 0 Å². The van der Waals surface area contributed by atoms with Gasteiger partial charge >= 0.3 is 0 Å². The quantitative estimate of drug-likeness (QED) is 0.682. The molecule has 0 heterocycles. The minimum Gasteiger partial charge on any atom is -0.399 e. The van der Waals surface area contributed by atoms with Crippen molar-refractivity contribution in [2.45, 2.75) is 12.8 Å². The Morgan fingerprint density at radius 1 is 1.71 bits per heavy atom. The monoisotopic (exact) mass is 194 g/mol. The summed E-state index contributed by atoms with van der Waals surface area (Å²) in [5, 5.41) is 6.44. The second-order valence-corrected chi connectivity index (χ2v) is 2.89. The zero-order valence-electron chi connectivity index (χ0n) is 8.41. The fourth-order valence-corrected chi connectivity index (χ4v) is 1.22. The Bertz CT molecular complexity index is 303. The topological polar surface area (TPSA) is 50.7 Å². The second-order valence-electron chi connectivity index (χ2n) is 2.89. The van der Waals surface area contributed by atoms with Crippen molar-refractivity contribution in [2.75, 3.05) is 14.2 Å². The van der Waals surface area contributed by atoms with E-state index in [0.29, 0.717) is 6.42 Å². The van der Waals surface area contributed by atoms with E-state index in [2.05, 4.69) is 10.5 Å². The Labute approximate surface area is 83.3 Å². The van der Waals surface area contributed by atoms with E-state index in [1.54, 1.807) is 7.05 Å². The lowest BCUT2D eigenvalue weighted by Crippen LogP contribution is -2.20. The molecule has 1 amide bonds. The summed E-state index contributed by atoms with van der Waals surface area (Å²) in [5.41, 5.74) is 1.73. The first-order chi connectivity index (χ1) is 6.77. The SMILES string of the molecule is CNC(=O)CC1=CC=CCC1=NOC. The van der Waals surface area contributed by atoms with Gasteiger partial charge in [0.25, 0.3) is 0 Å². The zero-order valence-corrected chi connectivity index (χ0v) is 8.41. The summed E-state index contributed by atoms with van der Waals surface area (Å²) in [4.78, 5) is 15.9. The van der Waals surface area contributed by atoms with Crippen LogP contribution in [0.15, 0.2) is 29.0 Å². The average molecular weight is 194 g/mol. The molecule has 0 saturated heterocycles. The summed E-state index contributed by atoms with van der Waals surface area (Å²) in [6.45, 7) is 0. The fourth-order valence-electron chi connectivity index (χ4n) is 1.22. The number of carbonyl (C=O) groups excluding carboxylic acids is 1. The van der Waals surface area contributed by atoms with Crippen LogP contribution in [0, 0.1) is 0 Å². The standard InChI is InChI=1S/C10H14N2O2/c1-11-10(13)7-8-5-3-4-6-9(8)12-14-2/h3-5H,6-7H2,1-2H3,(H,11,13). The third kappa shape index (κ3) is 2.73. The van der Waals surface area contributed by atoms with E-state index in [-0.39, 0.29) is 5.91 Å². The Kier molecular flexibility index (Phi) is 3.91. The first-order valence-corrected chi connectivity index (χ1v) is 4.44. The number of hydrogen-bond donors (Lipinski definition) is 1. The van der Waals surface area contributed by atoms with E-state index < -0.39 is 0 Å². The molecule has 1 aliphatic carbocycles. The van der Waals surface area contributed by atoms with Gasteiger partial charge < -0.3 is 10.2 Å². The van der Waals surface area contributed by atoms with Crippen molar-refractivity contribution in [1.82, 2.24) is 5.32 Å². The van der Waals surface area contributed by atoms with Crippen LogP contribution in [-0.4, -0.2) is 25.8 Å². The largest absolute Gasteiger partial charge is 0.399 e. The Morgan fingerprint density at radius 3 is 3.14 bits per heavy atom. The molecule has 1 rings (SSSR count). The summed E-state index contributed by atoms with van der Waals surface area (Å²) >= 11 is 0. The maximum absolute atomic E-state index is 11.2. The average Bonchev–Trinajstić information content (AvgIpc) is 2.21. The Hall–Kier alpha value is -1.58. The van der Waals surface area contributed by atoms with Crippen LogP contribution >= 0.6 is 0 Å². The van der Waals surface area contributed by atoms with Crippen molar-refractivity contribution in [3.8, 4) is 0 Å². The van der Waals surface area contributed by atoms with Crippen molar-refractivity contribution in [1.29, 1.82) is 0 Å². The van der Waals surface area contributed by atoms with Gasteiger partial charge in [0.2, 0.25) is 5.91 Å². The first-order valence-electron chi connectivity index (χ1n) is 4.44. The molecular weight excluding hydrogens is 180 g/mol. The van der Waals surface area contributed by atoms with Crippen molar-refractivity contribution < 1.29 is 9.63 Å². The van der Waals surface area contributed by atoms with Gasteiger partial charge in [-0.15, -0.1) is 0 Å². The summed E-state index contributed by atoms with van der Waals surface area (Å²) in [6, 6.07) is 0. The molecule has 4 heteroatoms. The van der Waals surface area contributed by atoms with Crippen LogP contribution in [0.1, 0.15) is 12.8 Å². The van der Waals surface area contributed by atoms with E-state index >= 15 is 0 Å². The van der Waals surface area contributed by atoms with Crippen LogP contribution in [0.3, 0.4) is 0 Å². The zero-order chi connectivity index (χ0) is 10.4. The molecule has 1 aliphatic rings. The van der Waals surface area contributed by atoms with E-state index in [0.717, 1.165) is 17.7 Å². The van der Waals surface area contributed by atoms with E-state index in [1.807, 2.05) is 18.2 Å². The minimum atomic E-state index is -0.0182. The molecule has 0 fully saturated rings. The number of carbonyl (C=O) groups is 1. The lowest BCUT2D eigenvalue weighted by Gasteiger charge is -2.10. The number of rotatable bonds is 3. The number of hydrogen-bond acceptors (Lipinski definition) is 3. The van der Waals surface area contributed by atoms with Crippen LogP contribution in [0.25, 0.3) is 0 Å². The van der Waals surface area contributed by atoms with Gasteiger partial charge in [0.05, 0.1) is 12.1 Å². The highest BCUT2D eigenvalue weighted by Crippen LogP contribution is 2.13. The highest BCUT2D eigenvalue weighted by Gasteiger charge is 2.12. The minimum absolute atomic E-state index is 0.0182. The summed E-state index contributed by atoms with van der Waals surface area (Å²) in [5.74, 6) is -0.0182. The second kappa shape index (κ2) is 5.21. The van der Waals surface area contributed by atoms with Crippen molar-refractivity contribution >= 4 is 11.6 Å². The smallest absolute Gasteiger partial charge is 0.224 e. The molecule has 4 nitrogen and oxygen atoms in total. The normalized spacial score (nSPS) is 17.9. The molecule has 0 aromatic rings. The molecule has 0 aromatic heterocycles. The van der Waals surface area contributed by atoms with Crippen molar-refractivity contribution in [2.24, 2.45) is 5.16 Å². The third-order valence-electron chi connectivity index (χ3n) is 1.95. The van der Waals surface area contributed by atoms with E-state index in [1.165, 1.54) is 7.11 Å². The van der Waals surface area contributed by atoms with Gasteiger partial charge in [-0.25, -0.2) is 0 Å². The van der Waals surface area contributed by atoms with E-state index in [4.69, 9.17) is 4.84 Å². The molecule has 0 aliphatic heterocycles. The molecular formula is C10H14N2O2. The van der Waals surface area contributed by atoms with Crippen LogP contribution in [0.2, 0.25) is 0 Å². The fraction of sp³-hybridized carbons (Fsp3) is 0.400. The van der Waals surface area contributed by atoms with Crippen LogP contribution in [-0.2, 0) is 9.63 Å². The van der Waals surface area contributed by atoms with Crippen LogP contribution in [0.4, 0.5) is 0 Å². The highest BCUT2D eigenvalue weighted by molar-refractivity contribution is 6.05. The molecule has 0 aromatic carbocycles. The highest BCUT2D eigenvalue weighted by atomic mass is 16.6. The van der Waals surface area contributed by atoms with E-state index in [9.17, 15) is 4.79 Å². The summed E-state index contributed by atoms with van der Waals surface area (Å²) in [6.07, 6.45) is 6.86. The Balaban J connectivity index is 2.72. The number of nitrogens with one attached hydrogen (secondary N) is 1. The molecule has 0 radical (unpaired) electrons. The van der Waals surface area contributed by atoms with Gasteiger partial charge in [0, 0.05) is 13.5 Å². The lowest BCUT2D eigenvalue weighted by atomic mass is 9.99. The number of nitrogens with zero attached hydrogens (tertiary/aromatic N) is 1. The van der Waals surface area contributed by atoms with Gasteiger partial charge in [0.1, 0.15) is 7.11 Å². The predicted molar refractivity (Wildman–Crippen MR) is 55.0 cm³/mol. The summed E-state index contributed by atoms with van der Waals surface area (Å²) in [7, 11) is 3.12. The van der Waals surface area contributed by atoms with Gasteiger partial charge in [-0.2, -0.15) is 0 Å². The maximum atomic E-state index is 11.2. The number of oxime groups is 1. The molecule has 0 saturated carbocycles. The predicted octanol–water partition coefficient (Wildman–Crippen LogP) is 1.01. The third-order valence-corrected chi connectivity index (χ3v) is 1.95. The van der Waals surface area contributed by atoms with Gasteiger partial charge in [-0.3, -0.25) is 4.79 Å². The Morgan fingerprint density at radius 2 is 2.50 bits per heavy atom. The van der Waals surface area contributed by atoms with Crippen LogP contribution in [0.5, 0.6) is 0 Å². The number of allylic oxidation sites excluding steroid dienone is 3. The first kappa shape index (κ1) is 10.5. The molecule has 0 bridgehead atoms. The molecule has 0 unspecified atom stereocenters. The summed E-state index contributed by atoms with van der Waals surface area (Å²) < 4.78 is 0. The van der Waals surface area contributed by atoms with Gasteiger partial charge in [-0.05, 0) is 5.57 Å². The number of amides is 1.